The summed E-state index contributed by atoms with van der Waals surface area (Å²) in [7, 11) is 0. The Morgan fingerprint density at radius 2 is 2.40 bits per heavy atom. The van der Waals surface area contributed by atoms with Crippen LogP contribution < -0.4 is 11.1 Å². The van der Waals surface area contributed by atoms with E-state index in [0.29, 0.717) is 6.54 Å². The third-order valence-electron chi connectivity index (χ3n) is 1.73. The summed E-state index contributed by atoms with van der Waals surface area (Å²) in [4.78, 5) is 13.5. The molecule has 15 heavy (non-hydrogen) atoms. The lowest BCUT2D eigenvalue weighted by Gasteiger charge is -2.01. The summed E-state index contributed by atoms with van der Waals surface area (Å²) in [6.07, 6.45) is -0.0825. The Hall–Kier alpha value is -1.56. The predicted octanol–water partition coefficient (Wildman–Crippen LogP) is 0.809. The van der Waals surface area contributed by atoms with E-state index in [0.717, 1.165) is 4.88 Å². The second-order valence-electron chi connectivity index (χ2n) is 3.06. The van der Waals surface area contributed by atoms with Gasteiger partial charge in [-0.3, -0.25) is 4.79 Å². The number of hydrogen-bond acceptors (Lipinski definition) is 4. The van der Waals surface area contributed by atoms with E-state index in [4.69, 9.17) is 10.9 Å². The van der Waals surface area contributed by atoms with Crippen LogP contribution in [-0.4, -0.2) is 17.0 Å². The zero-order valence-corrected chi connectivity index (χ0v) is 9.17. The van der Waals surface area contributed by atoms with Crippen LogP contribution in [0.5, 0.6) is 0 Å². The molecule has 1 rings (SSSR count). The molecular weight excluding hydrogens is 214 g/mol. The molecule has 1 heterocycles. The fourth-order valence-electron chi connectivity index (χ4n) is 1.03. The lowest BCUT2D eigenvalue weighted by molar-refractivity contribution is -0.120. The van der Waals surface area contributed by atoms with Gasteiger partial charge in [0.1, 0.15) is 5.84 Å². The van der Waals surface area contributed by atoms with E-state index in [9.17, 15) is 4.79 Å². The molecule has 0 aliphatic carbocycles. The number of amidine groups is 1. The minimum atomic E-state index is -0.253. The predicted molar refractivity (Wildman–Crippen MR) is 58.9 cm³/mol. The highest BCUT2D eigenvalue weighted by atomic mass is 32.1. The van der Waals surface area contributed by atoms with Crippen LogP contribution in [0.3, 0.4) is 0 Å². The average molecular weight is 227 g/mol. The van der Waals surface area contributed by atoms with Crippen molar-refractivity contribution in [3.8, 4) is 0 Å². The van der Waals surface area contributed by atoms with E-state index in [2.05, 4.69) is 10.5 Å². The summed E-state index contributed by atoms with van der Waals surface area (Å²) in [5, 5.41) is 13.7. The van der Waals surface area contributed by atoms with Crippen LogP contribution in [0.25, 0.3) is 0 Å². The van der Waals surface area contributed by atoms with Gasteiger partial charge in [-0.2, -0.15) is 0 Å². The lowest BCUT2D eigenvalue weighted by atomic mass is 10.3. The Balaban J connectivity index is 2.34. The minimum Gasteiger partial charge on any atom is -0.409 e. The maximum Gasteiger partial charge on any atom is 0.227 e. The highest BCUT2D eigenvalue weighted by molar-refractivity contribution is 7.11. The van der Waals surface area contributed by atoms with Crippen LogP contribution in [-0.2, 0) is 11.3 Å². The summed E-state index contributed by atoms with van der Waals surface area (Å²) in [5.41, 5.74) is 5.19. The van der Waals surface area contributed by atoms with Gasteiger partial charge in [0.2, 0.25) is 5.91 Å². The van der Waals surface area contributed by atoms with Crippen LogP contribution in [0.15, 0.2) is 17.3 Å². The van der Waals surface area contributed by atoms with Crippen LogP contribution >= 0.6 is 11.3 Å². The molecule has 4 N–H and O–H groups in total. The first-order chi connectivity index (χ1) is 7.11. The van der Waals surface area contributed by atoms with Gasteiger partial charge in [0, 0.05) is 9.75 Å². The third kappa shape index (κ3) is 3.99. The molecule has 0 spiro atoms. The number of hydrogen-bond donors (Lipinski definition) is 3. The first-order valence-corrected chi connectivity index (χ1v) is 5.22. The van der Waals surface area contributed by atoms with E-state index in [-0.39, 0.29) is 18.2 Å². The van der Waals surface area contributed by atoms with E-state index < -0.39 is 0 Å². The van der Waals surface area contributed by atoms with Crippen molar-refractivity contribution in [1.29, 1.82) is 0 Å². The van der Waals surface area contributed by atoms with Gasteiger partial charge in [0.15, 0.2) is 0 Å². The van der Waals surface area contributed by atoms with Crippen molar-refractivity contribution in [3.63, 3.8) is 0 Å². The van der Waals surface area contributed by atoms with Gasteiger partial charge in [-0.25, -0.2) is 0 Å². The SMILES string of the molecule is Cc1ccc(CNC(=O)CC(N)=NO)s1. The van der Waals surface area contributed by atoms with Gasteiger partial charge < -0.3 is 16.3 Å². The summed E-state index contributed by atoms with van der Waals surface area (Å²) in [6, 6.07) is 3.96. The van der Waals surface area contributed by atoms with Crippen LogP contribution in [0.4, 0.5) is 0 Å². The molecule has 0 bridgehead atoms. The van der Waals surface area contributed by atoms with Crippen LogP contribution in [0, 0.1) is 6.92 Å². The summed E-state index contributed by atoms with van der Waals surface area (Å²) < 4.78 is 0. The zero-order chi connectivity index (χ0) is 11.3. The van der Waals surface area contributed by atoms with Crippen molar-refractivity contribution in [3.05, 3.63) is 21.9 Å². The standard InChI is InChI=1S/C9H13N3O2S/c1-6-2-3-7(15-6)5-11-9(13)4-8(10)12-14/h2-3,14H,4-5H2,1H3,(H2,10,12)(H,11,13). The Morgan fingerprint density at radius 1 is 1.67 bits per heavy atom. The quantitative estimate of drug-likeness (QED) is 0.308. The van der Waals surface area contributed by atoms with Crippen molar-refractivity contribution in [2.75, 3.05) is 0 Å². The Labute approximate surface area is 91.6 Å². The number of carbonyl (C=O) groups is 1. The van der Waals surface area contributed by atoms with E-state index in [1.165, 1.54) is 4.88 Å². The normalized spacial score (nSPS) is 11.4. The van der Waals surface area contributed by atoms with Gasteiger partial charge >= 0.3 is 0 Å². The Kier molecular flexibility index (Phi) is 4.11. The largest absolute Gasteiger partial charge is 0.409 e. The smallest absolute Gasteiger partial charge is 0.227 e. The first-order valence-electron chi connectivity index (χ1n) is 4.40. The van der Waals surface area contributed by atoms with E-state index in [1.54, 1.807) is 11.3 Å². The molecule has 1 aromatic heterocycles. The van der Waals surface area contributed by atoms with Crippen molar-refractivity contribution in [1.82, 2.24) is 5.32 Å². The number of aryl methyl sites for hydroxylation is 1. The van der Waals surface area contributed by atoms with E-state index in [1.807, 2.05) is 19.1 Å². The third-order valence-corrected chi connectivity index (χ3v) is 2.73. The van der Waals surface area contributed by atoms with Gasteiger partial charge in [0.05, 0.1) is 13.0 Å². The minimum absolute atomic E-state index is 0.0825. The Bertz CT molecular complexity index is 373. The fourth-order valence-corrected chi connectivity index (χ4v) is 1.86. The van der Waals surface area contributed by atoms with Crippen molar-refractivity contribution >= 4 is 23.1 Å². The first kappa shape index (κ1) is 11.5. The number of nitrogens with one attached hydrogen (secondary N) is 1. The summed E-state index contributed by atoms with van der Waals surface area (Å²) in [6.45, 7) is 2.49. The second kappa shape index (κ2) is 5.35. The van der Waals surface area contributed by atoms with Gasteiger partial charge in [-0.1, -0.05) is 5.16 Å². The van der Waals surface area contributed by atoms with Crippen molar-refractivity contribution < 1.29 is 10.0 Å². The monoisotopic (exact) mass is 227 g/mol. The molecule has 6 heteroatoms. The molecule has 1 aromatic rings. The van der Waals surface area contributed by atoms with E-state index >= 15 is 0 Å². The number of carbonyl (C=O) groups excluding carboxylic acids is 1. The molecule has 0 aromatic carbocycles. The molecule has 0 saturated heterocycles. The molecule has 0 aliphatic heterocycles. The number of oxime groups is 1. The molecule has 82 valence electrons. The number of nitrogens with two attached hydrogens (primary N) is 1. The van der Waals surface area contributed by atoms with Gasteiger partial charge in [0.25, 0.3) is 0 Å². The number of rotatable bonds is 4. The molecule has 0 atom stereocenters. The maximum atomic E-state index is 11.2. The van der Waals surface area contributed by atoms with Crippen LogP contribution in [0.1, 0.15) is 16.2 Å². The number of nitrogens with zero attached hydrogens (tertiary/aromatic N) is 1. The van der Waals surface area contributed by atoms with Gasteiger partial charge in [-0.05, 0) is 19.1 Å². The molecule has 1 amide bonds. The number of amides is 1. The summed E-state index contributed by atoms with van der Waals surface area (Å²) >= 11 is 1.63. The maximum absolute atomic E-state index is 11.2. The van der Waals surface area contributed by atoms with Crippen molar-refractivity contribution in [2.24, 2.45) is 10.9 Å². The lowest BCUT2D eigenvalue weighted by Crippen LogP contribution is -2.27. The fraction of sp³-hybridized carbons (Fsp3) is 0.333. The molecule has 0 saturated carbocycles. The molecule has 0 unspecified atom stereocenters. The molecular formula is C9H13N3O2S. The molecule has 0 radical (unpaired) electrons. The molecule has 0 fully saturated rings. The molecule has 5 nitrogen and oxygen atoms in total. The second-order valence-corrected chi connectivity index (χ2v) is 4.43. The highest BCUT2D eigenvalue weighted by Crippen LogP contribution is 2.14. The van der Waals surface area contributed by atoms with Crippen molar-refractivity contribution in [2.45, 2.75) is 19.9 Å². The van der Waals surface area contributed by atoms with Crippen LogP contribution in [0.2, 0.25) is 0 Å². The topological polar surface area (TPSA) is 87.7 Å². The molecule has 0 aliphatic rings. The average Bonchev–Trinajstić information content (AvgIpc) is 2.61. The highest BCUT2D eigenvalue weighted by Gasteiger charge is 2.05. The summed E-state index contributed by atoms with van der Waals surface area (Å²) in [5.74, 6) is -0.341. The number of thiophene rings is 1. The van der Waals surface area contributed by atoms with Gasteiger partial charge in [-0.15, -0.1) is 11.3 Å². The Morgan fingerprint density at radius 3 is 2.93 bits per heavy atom. The zero-order valence-electron chi connectivity index (χ0n) is 8.36.